The van der Waals surface area contributed by atoms with Crippen molar-refractivity contribution in [2.75, 3.05) is 0 Å². The predicted molar refractivity (Wildman–Crippen MR) is 110 cm³/mol. The third-order valence-corrected chi connectivity index (χ3v) is 6.43. The summed E-state index contributed by atoms with van der Waals surface area (Å²) in [7, 11) is 0. The summed E-state index contributed by atoms with van der Waals surface area (Å²) in [6, 6.07) is 11.5. The van der Waals surface area contributed by atoms with Gasteiger partial charge in [0.25, 0.3) is 0 Å². The molecule has 31 heavy (non-hydrogen) atoms. The highest BCUT2D eigenvalue weighted by Gasteiger charge is 2.34. The molecule has 0 radical (unpaired) electrons. The molecule has 0 unspecified atom stereocenters. The van der Waals surface area contributed by atoms with E-state index in [1.165, 1.54) is 6.07 Å². The van der Waals surface area contributed by atoms with E-state index in [0.717, 1.165) is 41.5 Å². The number of thiazole rings is 1. The molecule has 5 rings (SSSR count). The van der Waals surface area contributed by atoms with Crippen LogP contribution in [0.15, 0.2) is 53.5 Å². The zero-order chi connectivity index (χ0) is 21.8. The average molecular weight is 444 g/mol. The van der Waals surface area contributed by atoms with Gasteiger partial charge in [-0.1, -0.05) is 35.6 Å². The Morgan fingerprint density at radius 1 is 1.16 bits per heavy atom. The van der Waals surface area contributed by atoms with E-state index in [-0.39, 0.29) is 33.3 Å². The number of H-pyrrole nitrogens is 1. The molecule has 0 saturated carbocycles. The third-order valence-electron chi connectivity index (χ3n) is 5.44. The molecular formula is C22H15F3N2O3S. The maximum absolute atomic E-state index is 13.3. The molecule has 2 N–H and O–H groups in total. The molecule has 4 aromatic rings. The quantitative estimate of drug-likeness (QED) is 0.433. The summed E-state index contributed by atoms with van der Waals surface area (Å²) in [5.74, 6) is 0.370. The van der Waals surface area contributed by atoms with E-state index in [9.17, 15) is 23.1 Å². The number of rotatable bonds is 3. The minimum Gasteiger partial charge on any atom is -0.494 e. The number of aromatic nitrogens is 2. The minimum atomic E-state index is -4.51. The first-order valence-corrected chi connectivity index (χ1v) is 10.3. The van der Waals surface area contributed by atoms with Crippen LogP contribution in [0, 0.1) is 0 Å². The summed E-state index contributed by atoms with van der Waals surface area (Å²) in [5.41, 5.74) is 1.18. The number of ether oxygens (including phenoxy) is 1. The highest BCUT2D eigenvalue weighted by Crippen LogP contribution is 2.44. The highest BCUT2D eigenvalue weighted by atomic mass is 32.1. The zero-order valence-electron chi connectivity index (χ0n) is 15.9. The Kier molecular flexibility index (Phi) is 4.51. The van der Waals surface area contributed by atoms with Crippen LogP contribution in [-0.2, 0) is 12.6 Å². The second-order valence-corrected chi connectivity index (χ2v) is 8.32. The summed E-state index contributed by atoms with van der Waals surface area (Å²) >= 11 is 0.992. The predicted octanol–water partition coefficient (Wildman–Crippen LogP) is 5.58. The molecule has 0 bridgehead atoms. The Labute approximate surface area is 177 Å². The van der Waals surface area contributed by atoms with Crippen LogP contribution in [-0.4, -0.2) is 15.1 Å². The van der Waals surface area contributed by atoms with Gasteiger partial charge in [-0.25, -0.2) is 4.98 Å². The largest absolute Gasteiger partial charge is 0.494 e. The first-order valence-electron chi connectivity index (χ1n) is 9.49. The summed E-state index contributed by atoms with van der Waals surface area (Å²) in [6.07, 6.45) is -2.26. The van der Waals surface area contributed by atoms with E-state index >= 15 is 0 Å². The Morgan fingerprint density at radius 3 is 2.65 bits per heavy atom. The van der Waals surface area contributed by atoms with Crippen LogP contribution in [0.2, 0.25) is 0 Å². The van der Waals surface area contributed by atoms with Gasteiger partial charge in [0, 0.05) is 22.9 Å². The Hall–Kier alpha value is -3.33. The number of halogens is 3. The Balaban J connectivity index is 1.49. The van der Waals surface area contributed by atoms with Crippen LogP contribution in [0.1, 0.15) is 33.9 Å². The molecule has 1 aliphatic rings. The van der Waals surface area contributed by atoms with Crippen LogP contribution in [0.4, 0.5) is 13.2 Å². The first kappa shape index (κ1) is 19.6. The van der Waals surface area contributed by atoms with Crippen molar-refractivity contribution in [3.8, 4) is 17.5 Å². The molecule has 158 valence electrons. The van der Waals surface area contributed by atoms with Gasteiger partial charge in [0.1, 0.15) is 5.75 Å². The van der Waals surface area contributed by atoms with E-state index in [0.29, 0.717) is 10.6 Å². The van der Waals surface area contributed by atoms with E-state index in [2.05, 4.69) is 9.97 Å². The molecule has 2 aromatic heterocycles. The van der Waals surface area contributed by atoms with Gasteiger partial charge in [-0.3, -0.25) is 9.78 Å². The van der Waals surface area contributed by atoms with Gasteiger partial charge < -0.3 is 9.84 Å². The van der Waals surface area contributed by atoms with Gasteiger partial charge in [0.2, 0.25) is 11.8 Å². The van der Waals surface area contributed by atoms with Gasteiger partial charge in [-0.15, -0.1) is 0 Å². The van der Waals surface area contributed by atoms with Gasteiger partial charge in [0.15, 0.2) is 0 Å². The summed E-state index contributed by atoms with van der Waals surface area (Å²) in [5, 5.41) is 10.3. The first-order chi connectivity index (χ1) is 14.8. The van der Waals surface area contributed by atoms with Crippen LogP contribution in [0.5, 0.6) is 17.5 Å². The molecule has 0 fully saturated rings. The number of alkyl halides is 3. The number of nitrogens with zero attached hydrogens (tertiary/aromatic N) is 1. The van der Waals surface area contributed by atoms with Gasteiger partial charge >= 0.3 is 11.0 Å². The lowest BCUT2D eigenvalue weighted by atomic mass is 10.00. The fourth-order valence-electron chi connectivity index (χ4n) is 4.08. The van der Waals surface area contributed by atoms with Crippen molar-refractivity contribution in [2.24, 2.45) is 0 Å². The second kappa shape index (κ2) is 7.12. The van der Waals surface area contributed by atoms with Crippen LogP contribution in [0.3, 0.4) is 0 Å². The molecule has 9 heteroatoms. The molecule has 2 aromatic carbocycles. The monoisotopic (exact) mass is 444 g/mol. The third kappa shape index (κ3) is 3.44. The maximum Gasteiger partial charge on any atom is 0.418 e. The van der Waals surface area contributed by atoms with Gasteiger partial charge in [-0.05, 0) is 42.2 Å². The Bertz CT molecular complexity index is 1360. The maximum atomic E-state index is 13.3. The molecule has 0 amide bonds. The molecule has 0 aliphatic heterocycles. The smallest absolute Gasteiger partial charge is 0.418 e. The normalized spacial score (nSPS) is 15.9. The van der Waals surface area contributed by atoms with E-state index < -0.39 is 11.7 Å². The summed E-state index contributed by atoms with van der Waals surface area (Å²) in [6.45, 7) is 0. The number of hydrogen-bond acceptors (Lipinski definition) is 5. The number of pyridine rings is 1. The molecule has 5 nitrogen and oxygen atoms in total. The fraction of sp³-hybridized carbons (Fsp3) is 0.182. The van der Waals surface area contributed by atoms with Gasteiger partial charge in [-0.2, -0.15) is 13.2 Å². The molecule has 1 aliphatic carbocycles. The van der Waals surface area contributed by atoms with E-state index in [1.54, 1.807) is 24.3 Å². The number of hydrogen-bond donors (Lipinski definition) is 2. The van der Waals surface area contributed by atoms with Crippen molar-refractivity contribution in [3.05, 3.63) is 79.9 Å². The number of aromatic amines is 1. The summed E-state index contributed by atoms with van der Waals surface area (Å²) < 4.78 is 45.8. The van der Waals surface area contributed by atoms with Crippen molar-refractivity contribution in [2.45, 2.75) is 24.9 Å². The van der Waals surface area contributed by atoms with Crippen molar-refractivity contribution in [1.29, 1.82) is 0 Å². The lowest BCUT2D eigenvalue weighted by Gasteiger charge is -2.14. The average Bonchev–Trinajstić information content (AvgIpc) is 3.29. The summed E-state index contributed by atoms with van der Waals surface area (Å²) in [4.78, 5) is 18.2. The lowest BCUT2D eigenvalue weighted by Crippen LogP contribution is -2.07. The molecular weight excluding hydrogens is 429 g/mol. The number of fused-ring (bicyclic) bond motifs is 2. The highest BCUT2D eigenvalue weighted by molar-refractivity contribution is 7.09. The number of benzene rings is 2. The standard InChI is InChI=1S/C22H15F3N2O3S/c23-22(24,25)17-10-26-20(16-4-2-1-3-14(16)17)30-12-6-8-13-11(9-12)5-7-15(13)18-19(28)27-21(29)31-18/h1-4,6,8-10,15,28H,5,7H2,(H,27,29)/t15-/m1/s1. The van der Waals surface area contributed by atoms with Crippen molar-refractivity contribution < 1.29 is 23.0 Å². The van der Waals surface area contributed by atoms with Crippen molar-refractivity contribution in [1.82, 2.24) is 9.97 Å². The topological polar surface area (TPSA) is 75.2 Å². The molecule has 2 heterocycles. The number of aryl methyl sites for hydroxylation is 1. The SMILES string of the molecule is O=c1[nH]c(O)c([C@@H]2CCc3cc(Oc4ncc(C(F)(F)F)c5ccccc45)ccc32)s1. The number of nitrogens with one attached hydrogen (secondary N) is 1. The second-order valence-electron chi connectivity index (χ2n) is 7.30. The lowest BCUT2D eigenvalue weighted by molar-refractivity contribution is -0.136. The van der Waals surface area contributed by atoms with Crippen molar-refractivity contribution in [3.63, 3.8) is 0 Å². The zero-order valence-corrected chi connectivity index (χ0v) is 16.7. The van der Waals surface area contributed by atoms with Crippen LogP contribution < -0.4 is 9.61 Å². The Morgan fingerprint density at radius 2 is 1.94 bits per heavy atom. The number of aromatic hydroxyl groups is 1. The minimum absolute atomic E-state index is 0.0269. The van der Waals surface area contributed by atoms with E-state index in [1.807, 2.05) is 12.1 Å². The molecule has 1 atom stereocenters. The van der Waals surface area contributed by atoms with Crippen molar-refractivity contribution >= 4 is 22.1 Å². The fourth-order valence-corrected chi connectivity index (χ4v) is 4.97. The van der Waals surface area contributed by atoms with Crippen LogP contribution >= 0.6 is 11.3 Å². The van der Waals surface area contributed by atoms with E-state index in [4.69, 9.17) is 4.74 Å². The molecule has 0 spiro atoms. The molecule has 0 saturated heterocycles. The van der Waals surface area contributed by atoms with Crippen LogP contribution in [0.25, 0.3) is 10.8 Å². The van der Waals surface area contributed by atoms with Gasteiger partial charge in [0.05, 0.1) is 10.4 Å².